The average molecular weight is 332 g/mol. The van der Waals surface area contributed by atoms with Gasteiger partial charge in [-0.05, 0) is 38.8 Å². The molecule has 0 bridgehead atoms. The number of benzene rings is 1. The van der Waals surface area contributed by atoms with Gasteiger partial charge in [0, 0.05) is 18.7 Å². The van der Waals surface area contributed by atoms with E-state index in [0.717, 1.165) is 41.6 Å². The molecule has 124 valence electrons. The highest BCUT2D eigenvalue weighted by molar-refractivity contribution is 7.99. The molecule has 0 aliphatic carbocycles. The monoisotopic (exact) mass is 332 g/mol. The van der Waals surface area contributed by atoms with E-state index in [-0.39, 0.29) is 5.91 Å². The number of rotatable bonds is 7. The van der Waals surface area contributed by atoms with Gasteiger partial charge in [0.15, 0.2) is 5.16 Å². The van der Waals surface area contributed by atoms with Gasteiger partial charge in [0.25, 0.3) is 0 Å². The van der Waals surface area contributed by atoms with Crippen LogP contribution in [0.1, 0.15) is 37.2 Å². The minimum Gasteiger partial charge on any atom is -0.325 e. The van der Waals surface area contributed by atoms with Crippen molar-refractivity contribution in [3.63, 3.8) is 0 Å². The number of aromatic nitrogens is 3. The fraction of sp³-hybridized carbons (Fsp3) is 0.471. The highest BCUT2D eigenvalue weighted by Gasteiger charge is 2.13. The average Bonchev–Trinajstić information content (AvgIpc) is 2.90. The molecule has 2 aromatic rings. The Morgan fingerprint density at radius 2 is 2.04 bits per heavy atom. The Balaban J connectivity index is 1.96. The Bertz CT molecular complexity index is 681. The Hall–Kier alpha value is -1.82. The van der Waals surface area contributed by atoms with Gasteiger partial charge >= 0.3 is 0 Å². The summed E-state index contributed by atoms with van der Waals surface area (Å²) in [5, 5.41) is 12.2. The highest BCUT2D eigenvalue weighted by atomic mass is 32.2. The van der Waals surface area contributed by atoms with Crippen LogP contribution in [0.25, 0.3) is 0 Å². The Kier molecular flexibility index (Phi) is 6.21. The van der Waals surface area contributed by atoms with Gasteiger partial charge in [-0.15, -0.1) is 10.2 Å². The van der Waals surface area contributed by atoms with Gasteiger partial charge in [-0.1, -0.05) is 36.4 Å². The molecule has 0 saturated carbocycles. The molecule has 23 heavy (non-hydrogen) atoms. The van der Waals surface area contributed by atoms with Crippen molar-refractivity contribution in [3.8, 4) is 0 Å². The van der Waals surface area contributed by atoms with Crippen molar-refractivity contribution in [1.82, 2.24) is 14.8 Å². The summed E-state index contributed by atoms with van der Waals surface area (Å²) in [7, 11) is 0. The third-order valence-electron chi connectivity index (χ3n) is 3.57. The van der Waals surface area contributed by atoms with Crippen LogP contribution in [-0.2, 0) is 17.8 Å². The molecule has 6 heteroatoms. The zero-order valence-electron chi connectivity index (χ0n) is 14.2. The molecule has 1 aromatic heterocycles. The maximum atomic E-state index is 12.2. The van der Waals surface area contributed by atoms with Crippen molar-refractivity contribution in [2.24, 2.45) is 0 Å². The number of nitrogens with one attached hydrogen (secondary N) is 1. The van der Waals surface area contributed by atoms with Gasteiger partial charge in [0.2, 0.25) is 5.91 Å². The van der Waals surface area contributed by atoms with E-state index in [1.165, 1.54) is 17.3 Å². The second kappa shape index (κ2) is 8.15. The third-order valence-corrected chi connectivity index (χ3v) is 4.54. The normalized spacial score (nSPS) is 10.8. The molecule has 0 aliphatic rings. The fourth-order valence-corrected chi connectivity index (χ4v) is 3.24. The number of amides is 1. The summed E-state index contributed by atoms with van der Waals surface area (Å²) in [5.41, 5.74) is 3.13. The summed E-state index contributed by atoms with van der Waals surface area (Å²) in [6.45, 7) is 9.06. The van der Waals surface area contributed by atoms with Crippen LogP contribution in [0.15, 0.2) is 23.4 Å². The van der Waals surface area contributed by atoms with Crippen molar-refractivity contribution in [3.05, 3.63) is 35.2 Å². The fourth-order valence-electron chi connectivity index (χ4n) is 2.42. The van der Waals surface area contributed by atoms with Crippen LogP contribution < -0.4 is 5.32 Å². The van der Waals surface area contributed by atoms with Crippen molar-refractivity contribution in [2.45, 2.75) is 52.2 Å². The van der Waals surface area contributed by atoms with E-state index in [0.29, 0.717) is 5.75 Å². The van der Waals surface area contributed by atoms with Crippen LogP contribution in [0, 0.1) is 13.8 Å². The molecule has 0 aliphatic heterocycles. The van der Waals surface area contributed by atoms with Crippen molar-refractivity contribution < 1.29 is 4.79 Å². The standard InChI is InChI=1S/C17H24N4OS/c1-5-7-15-19-20-17(21(15)6-2)23-11-16(22)18-14-9-8-12(3)10-13(14)4/h8-10H,5-7,11H2,1-4H3,(H,18,22). The lowest BCUT2D eigenvalue weighted by atomic mass is 10.1. The van der Waals surface area contributed by atoms with Crippen LogP contribution in [0.3, 0.4) is 0 Å². The van der Waals surface area contributed by atoms with Crippen LogP contribution in [0.5, 0.6) is 0 Å². The van der Waals surface area contributed by atoms with Crippen molar-refractivity contribution >= 4 is 23.4 Å². The molecule has 0 atom stereocenters. The molecule has 5 nitrogen and oxygen atoms in total. The first-order valence-electron chi connectivity index (χ1n) is 7.97. The smallest absolute Gasteiger partial charge is 0.234 e. The zero-order chi connectivity index (χ0) is 16.8. The lowest BCUT2D eigenvalue weighted by Gasteiger charge is -2.09. The van der Waals surface area contributed by atoms with Crippen LogP contribution >= 0.6 is 11.8 Å². The van der Waals surface area contributed by atoms with Crippen LogP contribution in [0.4, 0.5) is 5.69 Å². The summed E-state index contributed by atoms with van der Waals surface area (Å²) in [4.78, 5) is 12.2. The highest BCUT2D eigenvalue weighted by Crippen LogP contribution is 2.20. The second-order valence-electron chi connectivity index (χ2n) is 5.55. The molecular weight excluding hydrogens is 308 g/mol. The number of aryl methyl sites for hydroxylation is 3. The van der Waals surface area contributed by atoms with Crippen molar-refractivity contribution in [1.29, 1.82) is 0 Å². The lowest BCUT2D eigenvalue weighted by Crippen LogP contribution is -2.15. The van der Waals surface area contributed by atoms with E-state index in [1.807, 2.05) is 26.0 Å². The zero-order valence-corrected chi connectivity index (χ0v) is 15.0. The molecule has 2 rings (SSSR count). The minimum absolute atomic E-state index is 0.0235. The number of hydrogen-bond donors (Lipinski definition) is 1. The third kappa shape index (κ3) is 4.58. The van der Waals surface area contributed by atoms with Gasteiger partial charge in [-0.3, -0.25) is 4.79 Å². The molecule has 0 spiro atoms. The number of anilines is 1. The number of carbonyl (C=O) groups excluding carboxylic acids is 1. The number of hydrogen-bond acceptors (Lipinski definition) is 4. The minimum atomic E-state index is -0.0235. The number of thioether (sulfide) groups is 1. The quantitative estimate of drug-likeness (QED) is 0.787. The van der Waals surface area contributed by atoms with Crippen LogP contribution in [-0.4, -0.2) is 26.4 Å². The van der Waals surface area contributed by atoms with E-state index in [9.17, 15) is 4.79 Å². The first-order valence-corrected chi connectivity index (χ1v) is 8.95. The van der Waals surface area contributed by atoms with E-state index in [2.05, 4.69) is 40.0 Å². The largest absolute Gasteiger partial charge is 0.325 e. The SMILES string of the molecule is CCCc1nnc(SCC(=O)Nc2ccc(C)cc2C)n1CC. The molecule has 1 aromatic carbocycles. The molecule has 1 amide bonds. The summed E-state index contributed by atoms with van der Waals surface area (Å²) in [6, 6.07) is 6.01. The van der Waals surface area contributed by atoms with E-state index in [1.54, 1.807) is 0 Å². The summed E-state index contributed by atoms with van der Waals surface area (Å²) >= 11 is 1.43. The van der Waals surface area contributed by atoms with Gasteiger partial charge in [-0.25, -0.2) is 0 Å². The number of nitrogens with zero attached hydrogens (tertiary/aromatic N) is 3. The molecular formula is C17H24N4OS. The Labute approximate surface area is 141 Å². The molecule has 0 unspecified atom stereocenters. The topological polar surface area (TPSA) is 59.8 Å². The predicted molar refractivity (Wildman–Crippen MR) is 95.0 cm³/mol. The maximum Gasteiger partial charge on any atom is 0.234 e. The van der Waals surface area contributed by atoms with Gasteiger partial charge < -0.3 is 9.88 Å². The van der Waals surface area contributed by atoms with Gasteiger partial charge in [0.05, 0.1) is 5.75 Å². The molecule has 0 fully saturated rings. The Morgan fingerprint density at radius 3 is 2.70 bits per heavy atom. The summed E-state index contributed by atoms with van der Waals surface area (Å²) < 4.78 is 2.08. The van der Waals surface area contributed by atoms with Gasteiger partial charge in [-0.2, -0.15) is 0 Å². The van der Waals surface area contributed by atoms with E-state index < -0.39 is 0 Å². The van der Waals surface area contributed by atoms with E-state index in [4.69, 9.17) is 0 Å². The van der Waals surface area contributed by atoms with Crippen LogP contribution in [0.2, 0.25) is 0 Å². The maximum absolute atomic E-state index is 12.2. The van der Waals surface area contributed by atoms with E-state index >= 15 is 0 Å². The molecule has 1 N–H and O–H groups in total. The summed E-state index contributed by atoms with van der Waals surface area (Å²) in [5.74, 6) is 1.30. The second-order valence-corrected chi connectivity index (χ2v) is 6.49. The Morgan fingerprint density at radius 1 is 1.26 bits per heavy atom. The molecule has 1 heterocycles. The summed E-state index contributed by atoms with van der Waals surface area (Å²) in [6.07, 6.45) is 1.95. The van der Waals surface area contributed by atoms with Gasteiger partial charge in [0.1, 0.15) is 5.82 Å². The first-order chi connectivity index (χ1) is 11.0. The first kappa shape index (κ1) is 17.5. The van der Waals surface area contributed by atoms with Crippen molar-refractivity contribution in [2.75, 3.05) is 11.1 Å². The molecule has 0 saturated heterocycles. The molecule has 0 radical (unpaired) electrons. The predicted octanol–water partition coefficient (Wildman–Crippen LogP) is 3.60. The lowest BCUT2D eigenvalue weighted by molar-refractivity contribution is -0.113. The number of carbonyl (C=O) groups is 1.